The molecular weight excluding hydrogens is 356 g/mol. The molecule has 1 atom stereocenters. The first-order valence-electron chi connectivity index (χ1n) is 7.41. The Labute approximate surface area is 153 Å². The fraction of sp³-hybridized carbons (Fsp3) is 0.118. The molecule has 25 heavy (non-hydrogen) atoms. The summed E-state index contributed by atoms with van der Waals surface area (Å²) in [6.07, 6.45) is 0. The van der Waals surface area contributed by atoms with Crippen molar-refractivity contribution in [3.05, 3.63) is 60.2 Å². The van der Waals surface area contributed by atoms with Crippen LogP contribution in [0, 0.1) is 0 Å². The maximum atomic E-state index is 11.8. The van der Waals surface area contributed by atoms with E-state index < -0.39 is 11.2 Å². The minimum absolute atomic E-state index is 0.409. The van der Waals surface area contributed by atoms with Gasteiger partial charge in [-0.1, -0.05) is 59.5 Å². The van der Waals surface area contributed by atoms with E-state index in [0.29, 0.717) is 9.47 Å². The molecule has 8 heteroatoms. The first-order chi connectivity index (χ1) is 12.2. The van der Waals surface area contributed by atoms with Crippen LogP contribution in [0.1, 0.15) is 10.8 Å². The van der Waals surface area contributed by atoms with Gasteiger partial charge in [0.2, 0.25) is 11.0 Å². The van der Waals surface area contributed by atoms with E-state index in [1.54, 1.807) is 7.11 Å². The van der Waals surface area contributed by atoms with Crippen molar-refractivity contribution in [2.24, 2.45) is 5.73 Å². The second-order valence-corrected chi connectivity index (χ2v) is 7.37. The van der Waals surface area contributed by atoms with E-state index in [2.05, 4.69) is 15.5 Å². The van der Waals surface area contributed by atoms with Gasteiger partial charge in [0.25, 0.3) is 0 Å². The van der Waals surface area contributed by atoms with Crippen LogP contribution in [0.4, 0.5) is 10.8 Å². The molecule has 3 rings (SSSR count). The number of primary amides is 1. The topological polar surface area (TPSA) is 90.1 Å². The Balaban J connectivity index is 1.73. The number of anilines is 2. The lowest BCUT2D eigenvalue weighted by Crippen LogP contribution is -2.18. The van der Waals surface area contributed by atoms with Crippen LogP contribution in [-0.4, -0.2) is 23.2 Å². The van der Waals surface area contributed by atoms with Crippen molar-refractivity contribution in [3.63, 3.8) is 0 Å². The molecule has 1 amide bonds. The molecule has 0 saturated carbocycles. The van der Waals surface area contributed by atoms with Crippen LogP contribution < -0.4 is 15.8 Å². The average Bonchev–Trinajstić information content (AvgIpc) is 3.07. The largest absolute Gasteiger partial charge is 0.497 e. The Hall–Kier alpha value is -2.58. The van der Waals surface area contributed by atoms with Gasteiger partial charge in [0.1, 0.15) is 11.0 Å². The number of hydrogen-bond donors (Lipinski definition) is 2. The van der Waals surface area contributed by atoms with Gasteiger partial charge in [-0.3, -0.25) is 4.79 Å². The highest BCUT2D eigenvalue weighted by atomic mass is 32.2. The number of amides is 1. The van der Waals surface area contributed by atoms with Crippen LogP contribution >= 0.6 is 23.1 Å². The zero-order chi connectivity index (χ0) is 17.6. The lowest BCUT2D eigenvalue weighted by atomic mass is 10.1. The summed E-state index contributed by atoms with van der Waals surface area (Å²) in [5.74, 6) is 0.343. The van der Waals surface area contributed by atoms with Crippen LogP contribution in [0.3, 0.4) is 0 Å². The van der Waals surface area contributed by atoms with Gasteiger partial charge in [0.05, 0.1) is 7.11 Å². The summed E-state index contributed by atoms with van der Waals surface area (Å²) in [7, 11) is 1.62. The van der Waals surface area contributed by atoms with Crippen molar-refractivity contribution >= 4 is 39.8 Å². The second-order valence-electron chi connectivity index (χ2n) is 5.04. The zero-order valence-electron chi connectivity index (χ0n) is 13.4. The van der Waals surface area contributed by atoms with Gasteiger partial charge in [-0.05, 0) is 17.7 Å². The highest BCUT2D eigenvalue weighted by Gasteiger charge is 2.21. The maximum absolute atomic E-state index is 11.8. The number of ether oxygens (including phenoxy) is 1. The third kappa shape index (κ3) is 4.49. The fourth-order valence-electron chi connectivity index (χ4n) is 2.15. The molecule has 0 aliphatic rings. The number of thioether (sulfide) groups is 1. The molecule has 0 saturated heterocycles. The van der Waals surface area contributed by atoms with Gasteiger partial charge in [0, 0.05) is 11.8 Å². The van der Waals surface area contributed by atoms with E-state index in [4.69, 9.17) is 10.5 Å². The molecular formula is C17H16N4O2S2. The number of methoxy groups -OCH3 is 1. The second kappa shape index (κ2) is 8.00. The van der Waals surface area contributed by atoms with E-state index in [0.717, 1.165) is 17.0 Å². The van der Waals surface area contributed by atoms with Gasteiger partial charge < -0.3 is 15.8 Å². The normalized spacial score (nSPS) is 11.7. The van der Waals surface area contributed by atoms with Gasteiger partial charge >= 0.3 is 0 Å². The maximum Gasteiger partial charge on any atom is 0.235 e. The Bertz CT molecular complexity index is 855. The van der Waals surface area contributed by atoms with Crippen molar-refractivity contribution < 1.29 is 9.53 Å². The molecule has 1 aromatic heterocycles. The van der Waals surface area contributed by atoms with Crippen molar-refractivity contribution in [2.75, 3.05) is 12.4 Å². The summed E-state index contributed by atoms with van der Waals surface area (Å²) in [5, 5.41) is 11.6. The Kier molecular flexibility index (Phi) is 5.52. The lowest BCUT2D eigenvalue weighted by molar-refractivity contribution is -0.117. The molecule has 3 aromatic rings. The minimum atomic E-state index is -0.501. The van der Waals surface area contributed by atoms with Crippen LogP contribution in [0.15, 0.2) is 58.9 Å². The minimum Gasteiger partial charge on any atom is -0.497 e. The monoisotopic (exact) mass is 372 g/mol. The third-order valence-corrected chi connectivity index (χ3v) is 5.50. The van der Waals surface area contributed by atoms with Crippen LogP contribution in [0.5, 0.6) is 5.75 Å². The smallest absolute Gasteiger partial charge is 0.235 e. The third-order valence-electron chi connectivity index (χ3n) is 3.31. The molecule has 2 aromatic carbocycles. The number of carbonyl (C=O) groups is 1. The lowest BCUT2D eigenvalue weighted by Gasteiger charge is -2.10. The summed E-state index contributed by atoms with van der Waals surface area (Å²) in [5.41, 5.74) is 7.24. The van der Waals surface area contributed by atoms with E-state index in [1.165, 1.54) is 23.1 Å². The average molecular weight is 372 g/mol. The number of nitrogens with zero attached hydrogens (tertiary/aromatic N) is 2. The van der Waals surface area contributed by atoms with E-state index in [9.17, 15) is 4.79 Å². The SMILES string of the molecule is COc1cccc(Nc2nnc(SC(C(N)=O)c3ccccc3)s2)c1. The first kappa shape index (κ1) is 17.2. The van der Waals surface area contributed by atoms with Crippen molar-refractivity contribution in [3.8, 4) is 5.75 Å². The summed E-state index contributed by atoms with van der Waals surface area (Å²) in [6.45, 7) is 0. The summed E-state index contributed by atoms with van der Waals surface area (Å²) >= 11 is 2.66. The highest BCUT2D eigenvalue weighted by Crippen LogP contribution is 2.38. The van der Waals surface area contributed by atoms with Gasteiger partial charge in [-0.2, -0.15) is 0 Å². The number of nitrogens with two attached hydrogens (primary N) is 1. The predicted molar refractivity (Wildman–Crippen MR) is 100 cm³/mol. The van der Waals surface area contributed by atoms with Crippen molar-refractivity contribution in [2.45, 2.75) is 9.59 Å². The Morgan fingerprint density at radius 1 is 1.20 bits per heavy atom. The Morgan fingerprint density at radius 3 is 2.72 bits per heavy atom. The molecule has 128 valence electrons. The molecule has 1 unspecified atom stereocenters. The molecule has 0 bridgehead atoms. The molecule has 0 radical (unpaired) electrons. The van der Waals surface area contributed by atoms with Gasteiger partial charge in [0.15, 0.2) is 4.34 Å². The van der Waals surface area contributed by atoms with Gasteiger partial charge in [-0.15, -0.1) is 10.2 Å². The molecule has 0 fully saturated rings. The fourth-order valence-corrected chi connectivity index (χ4v) is 4.07. The summed E-state index contributed by atoms with van der Waals surface area (Å²) in [6, 6.07) is 16.9. The quantitative estimate of drug-likeness (QED) is 0.616. The number of nitrogens with one attached hydrogen (secondary N) is 1. The van der Waals surface area contributed by atoms with E-state index in [-0.39, 0.29) is 0 Å². The number of aromatic nitrogens is 2. The molecule has 0 aliphatic heterocycles. The highest BCUT2D eigenvalue weighted by molar-refractivity contribution is 8.01. The first-order valence-corrected chi connectivity index (χ1v) is 9.11. The van der Waals surface area contributed by atoms with Crippen LogP contribution in [0.25, 0.3) is 0 Å². The predicted octanol–water partition coefficient (Wildman–Crippen LogP) is 3.61. The van der Waals surface area contributed by atoms with Gasteiger partial charge in [-0.25, -0.2) is 0 Å². The number of benzene rings is 2. The van der Waals surface area contributed by atoms with Crippen LogP contribution in [-0.2, 0) is 4.79 Å². The van der Waals surface area contributed by atoms with Crippen molar-refractivity contribution in [1.82, 2.24) is 10.2 Å². The van der Waals surface area contributed by atoms with E-state index in [1.807, 2.05) is 54.6 Å². The molecule has 3 N–H and O–H groups in total. The Morgan fingerprint density at radius 2 is 2.00 bits per heavy atom. The van der Waals surface area contributed by atoms with E-state index >= 15 is 0 Å². The number of hydrogen-bond acceptors (Lipinski definition) is 7. The number of carbonyl (C=O) groups excluding carboxylic acids is 1. The zero-order valence-corrected chi connectivity index (χ0v) is 15.0. The molecule has 6 nitrogen and oxygen atoms in total. The molecule has 1 heterocycles. The molecule has 0 aliphatic carbocycles. The van der Waals surface area contributed by atoms with Crippen molar-refractivity contribution in [1.29, 1.82) is 0 Å². The standard InChI is InChI=1S/C17H16N4O2S2/c1-23-13-9-5-8-12(10-13)19-16-20-21-17(25-16)24-14(15(18)22)11-6-3-2-4-7-11/h2-10,14H,1H3,(H2,18,22)(H,19,20). The summed E-state index contributed by atoms with van der Waals surface area (Å²) < 4.78 is 5.86. The number of rotatable bonds is 7. The summed E-state index contributed by atoms with van der Waals surface area (Å²) in [4.78, 5) is 11.8. The molecule has 0 spiro atoms. The van der Waals surface area contributed by atoms with Crippen LogP contribution in [0.2, 0.25) is 0 Å².